The molecule has 0 amide bonds. The van der Waals surface area contributed by atoms with Crippen LogP contribution >= 0.6 is 24.0 Å². The van der Waals surface area contributed by atoms with Crippen molar-refractivity contribution in [1.82, 2.24) is 0 Å². The molecule has 0 unspecified atom stereocenters. The third-order valence-corrected chi connectivity index (χ3v) is 3.38. The van der Waals surface area contributed by atoms with E-state index in [2.05, 4.69) is 10.3 Å². The lowest BCUT2D eigenvalue weighted by Crippen LogP contribution is -2.23. The van der Waals surface area contributed by atoms with Crippen LogP contribution < -0.4 is 20.5 Å². The first-order chi connectivity index (χ1) is 12.3. The highest BCUT2D eigenvalue weighted by atomic mass is 127. The number of nitrogens with one attached hydrogen (secondary N) is 1. The van der Waals surface area contributed by atoms with Crippen LogP contribution in [0.15, 0.2) is 47.5 Å². The molecule has 0 saturated heterocycles. The number of hydrogen-bond donors (Lipinski definition) is 2. The monoisotopic (exact) mass is 495 g/mol. The summed E-state index contributed by atoms with van der Waals surface area (Å²) in [6.07, 6.45) is -4.41. The van der Waals surface area contributed by atoms with E-state index in [1.165, 1.54) is 0 Å². The van der Waals surface area contributed by atoms with E-state index in [0.29, 0.717) is 17.0 Å². The number of ether oxygens (including phenoxy) is 2. The number of aryl methyl sites for hydroxylation is 1. The molecule has 148 valence electrons. The highest BCUT2D eigenvalue weighted by molar-refractivity contribution is 14.0. The maximum atomic E-state index is 12.4. The second-order valence-electron chi connectivity index (χ2n) is 5.57. The van der Waals surface area contributed by atoms with Gasteiger partial charge in [0.15, 0.2) is 12.6 Å². The van der Waals surface area contributed by atoms with Gasteiger partial charge in [-0.3, -0.25) is 0 Å². The van der Waals surface area contributed by atoms with Crippen LogP contribution in [0.4, 0.5) is 18.9 Å². The minimum absolute atomic E-state index is 0. The summed E-state index contributed by atoms with van der Waals surface area (Å²) in [6, 6.07) is 12.1. The van der Waals surface area contributed by atoms with Crippen LogP contribution in [0.2, 0.25) is 0 Å². The summed E-state index contributed by atoms with van der Waals surface area (Å²) in [5.41, 5.74) is 7.83. The molecular weight excluding hydrogens is 474 g/mol. The largest absolute Gasteiger partial charge is 0.497 e. The summed E-state index contributed by atoms with van der Waals surface area (Å²) in [4.78, 5) is 4.16. The van der Waals surface area contributed by atoms with Gasteiger partial charge in [-0.1, -0.05) is 18.2 Å². The number of alkyl halides is 3. The lowest BCUT2D eigenvalue weighted by molar-refractivity contribution is -0.153. The van der Waals surface area contributed by atoms with Crippen molar-refractivity contribution in [2.75, 3.05) is 19.0 Å². The fraction of sp³-hybridized carbons (Fsp3) is 0.278. The van der Waals surface area contributed by atoms with Gasteiger partial charge in [0.05, 0.1) is 13.7 Å². The zero-order chi connectivity index (χ0) is 19.2. The number of anilines is 1. The Labute approximate surface area is 172 Å². The van der Waals surface area contributed by atoms with Crippen LogP contribution in [0.5, 0.6) is 11.5 Å². The summed E-state index contributed by atoms with van der Waals surface area (Å²) < 4.78 is 47.2. The Morgan fingerprint density at radius 1 is 1.19 bits per heavy atom. The number of halogens is 4. The minimum atomic E-state index is -4.41. The molecular formula is C18H21F3IN3O2. The number of guanidine groups is 1. The summed E-state index contributed by atoms with van der Waals surface area (Å²) in [5.74, 6) is 0.921. The van der Waals surface area contributed by atoms with E-state index in [1.807, 2.05) is 0 Å². The van der Waals surface area contributed by atoms with Crippen LogP contribution in [0.25, 0.3) is 0 Å². The van der Waals surface area contributed by atoms with Gasteiger partial charge in [-0.15, -0.1) is 24.0 Å². The molecule has 0 heterocycles. The van der Waals surface area contributed by atoms with Crippen molar-refractivity contribution >= 4 is 35.6 Å². The molecule has 0 aliphatic carbocycles. The van der Waals surface area contributed by atoms with Crippen LogP contribution in [-0.2, 0) is 6.54 Å². The SMILES string of the molecule is COc1cccc(NC(N)=NCc2ccc(C)cc2OCC(F)(F)F)c1.I. The van der Waals surface area contributed by atoms with E-state index in [1.54, 1.807) is 56.5 Å². The molecule has 0 aromatic heterocycles. The van der Waals surface area contributed by atoms with Crippen LogP contribution in [0, 0.1) is 6.92 Å². The first-order valence-corrected chi connectivity index (χ1v) is 7.77. The minimum Gasteiger partial charge on any atom is -0.497 e. The first-order valence-electron chi connectivity index (χ1n) is 7.77. The van der Waals surface area contributed by atoms with E-state index in [4.69, 9.17) is 15.2 Å². The number of hydrogen-bond acceptors (Lipinski definition) is 3. The fourth-order valence-electron chi connectivity index (χ4n) is 2.14. The molecule has 27 heavy (non-hydrogen) atoms. The summed E-state index contributed by atoms with van der Waals surface area (Å²) in [5, 5.41) is 2.90. The zero-order valence-electron chi connectivity index (χ0n) is 14.8. The molecule has 0 saturated carbocycles. The molecule has 5 nitrogen and oxygen atoms in total. The van der Waals surface area contributed by atoms with Gasteiger partial charge in [-0.25, -0.2) is 4.99 Å². The zero-order valence-corrected chi connectivity index (χ0v) is 17.2. The number of methoxy groups -OCH3 is 1. The molecule has 9 heteroatoms. The van der Waals surface area contributed by atoms with Gasteiger partial charge >= 0.3 is 6.18 Å². The van der Waals surface area contributed by atoms with Gasteiger partial charge in [-0.2, -0.15) is 13.2 Å². The predicted octanol–water partition coefficient (Wildman–Crippen LogP) is 4.49. The van der Waals surface area contributed by atoms with Gasteiger partial charge in [0.25, 0.3) is 0 Å². The van der Waals surface area contributed by atoms with Crippen LogP contribution in [-0.4, -0.2) is 25.9 Å². The molecule has 0 spiro atoms. The summed E-state index contributed by atoms with van der Waals surface area (Å²) >= 11 is 0. The van der Waals surface area contributed by atoms with Crippen molar-refractivity contribution in [1.29, 1.82) is 0 Å². The Balaban J connectivity index is 0.00000364. The number of nitrogens with two attached hydrogens (primary N) is 1. The lowest BCUT2D eigenvalue weighted by atomic mass is 10.1. The van der Waals surface area contributed by atoms with E-state index in [0.717, 1.165) is 5.56 Å². The van der Waals surface area contributed by atoms with Crippen molar-refractivity contribution in [3.8, 4) is 11.5 Å². The van der Waals surface area contributed by atoms with E-state index in [-0.39, 0.29) is 42.2 Å². The van der Waals surface area contributed by atoms with Gasteiger partial charge in [0, 0.05) is 17.3 Å². The predicted molar refractivity (Wildman–Crippen MR) is 110 cm³/mol. The molecule has 0 aliphatic heterocycles. The first kappa shape index (κ1) is 22.9. The molecule has 2 aromatic rings. The van der Waals surface area contributed by atoms with Crippen molar-refractivity contribution in [2.45, 2.75) is 19.6 Å². The van der Waals surface area contributed by atoms with E-state index in [9.17, 15) is 13.2 Å². The highest BCUT2D eigenvalue weighted by Gasteiger charge is 2.28. The Hall–Kier alpha value is -2.17. The second-order valence-corrected chi connectivity index (χ2v) is 5.57. The number of nitrogens with zero attached hydrogens (tertiary/aromatic N) is 1. The third kappa shape index (κ3) is 7.94. The highest BCUT2D eigenvalue weighted by Crippen LogP contribution is 2.24. The van der Waals surface area contributed by atoms with Gasteiger partial charge < -0.3 is 20.5 Å². The lowest BCUT2D eigenvalue weighted by Gasteiger charge is -2.13. The smallest absolute Gasteiger partial charge is 0.422 e. The van der Waals surface area contributed by atoms with Crippen LogP contribution in [0.3, 0.4) is 0 Å². The Morgan fingerprint density at radius 3 is 2.59 bits per heavy atom. The quantitative estimate of drug-likeness (QED) is 0.352. The summed E-state index contributed by atoms with van der Waals surface area (Å²) in [6.45, 7) is 0.493. The normalized spacial score (nSPS) is 11.5. The van der Waals surface area contributed by atoms with Crippen molar-refractivity contribution in [3.05, 3.63) is 53.6 Å². The van der Waals surface area contributed by atoms with Crippen LogP contribution in [0.1, 0.15) is 11.1 Å². The topological polar surface area (TPSA) is 68.9 Å². The molecule has 2 aromatic carbocycles. The van der Waals surface area contributed by atoms with Gasteiger partial charge in [-0.05, 0) is 30.7 Å². The average molecular weight is 495 g/mol. The Bertz CT molecular complexity index is 783. The number of rotatable bonds is 6. The van der Waals surface area contributed by atoms with E-state index >= 15 is 0 Å². The van der Waals surface area contributed by atoms with Crippen molar-refractivity contribution < 1.29 is 22.6 Å². The van der Waals surface area contributed by atoms with Crippen molar-refractivity contribution in [2.24, 2.45) is 10.7 Å². The Kier molecular flexibility index (Phi) is 8.67. The number of aliphatic imine (C=N–C) groups is 1. The molecule has 0 aliphatic rings. The standard InChI is InChI=1S/C18H20F3N3O2.HI/c1-12-6-7-13(16(8-12)26-11-18(19,20)21)10-23-17(22)24-14-4-3-5-15(9-14)25-2;/h3-9H,10-11H2,1-2H3,(H3,22,23,24);1H. The second kappa shape index (κ2) is 10.2. The van der Waals surface area contributed by atoms with E-state index < -0.39 is 12.8 Å². The maximum Gasteiger partial charge on any atom is 0.422 e. The molecule has 0 bridgehead atoms. The van der Waals surface area contributed by atoms with Gasteiger partial charge in [0.2, 0.25) is 0 Å². The maximum absolute atomic E-state index is 12.4. The summed E-state index contributed by atoms with van der Waals surface area (Å²) in [7, 11) is 1.55. The third-order valence-electron chi connectivity index (χ3n) is 3.38. The van der Waals surface area contributed by atoms with Gasteiger partial charge in [0.1, 0.15) is 11.5 Å². The molecule has 2 rings (SSSR count). The molecule has 0 atom stereocenters. The van der Waals surface area contributed by atoms with Crippen molar-refractivity contribution in [3.63, 3.8) is 0 Å². The average Bonchev–Trinajstić information content (AvgIpc) is 2.58. The number of benzene rings is 2. The molecule has 0 fully saturated rings. The fourth-order valence-corrected chi connectivity index (χ4v) is 2.14. The Morgan fingerprint density at radius 2 is 1.93 bits per heavy atom. The molecule has 3 N–H and O–H groups in total. The molecule has 0 radical (unpaired) electrons.